The zero-order valence-corrected chi connectivity index (χ0v) is 12.3. The van der Waals surface area contributed by atoms with Gasteiger partial charge in [0.05, 0.1) is 12.1 Å². The second kappa shape index (κ2) is 6.85. The van der Waals surface area contributed by atoms with Gasteiger partial charge in [-0.05, 0) is 19.8 Å². The van der Waals surface area contributed by atoms with Crippen LogP contribution < -0.4 is 10.6 Å². The average Bonchev–Trinajstić information content (AvgIpc) is 2.94. The van der Waals surface area contributed by atoms with Gasteiger partial charge in [-0.3, -0.25) is 0 Å². The number of rotatable bonds is 7. The van der Waals surface area contributed by atoms with Gasteiger partial charge in [-0.25, -0.2) is 9.97 Å². The fraction of sp³-hybridized carbons (Fsp3) is 0.714. The summed E-state index contributed by atoms with van der Waals surface area (Å²) in [7, 11) is 1.83. The quantitative estimate of drug-likeness (QED) is 0.706. The fourth-order valence-electron chi connectivity index (χ4n) is 2.59. The summed E-state index contributed by atoms with van der Waals surface area (Å²) in [5.41, 5.74) is -0.234. The molecule has 0 unspecified atom stereocenters. The predicted octanol–water partition coefficient (Wildman–Crippen LogP) is 1.77. The number of aliphatic hydroxyl groups is 1. The first-order valence-corrected chi connectivity index (χ1v) is 7.24. The van der Waals surface area contributed by atoms with Gasteiger partial charge < -0.3 is 20.5 Å². The van der Waals surface area contributed by atoms with E-state index in [4.69, 9.17) is 4.74 Å². The lowest BCUT2D eigenvalue weighted by molar-refractivity contribution is 0.128. The molecule has 0 amide bonds. The topological polar surface area (TPSA) is 79.3 Å². The third-order valence-corrected chi connectivity index (χ3v) is 3.72. The number of aliphatic hydroxyl groups excluding tert-OH is 1. The highest BCUT2D eigenvalue weighted by Gasteiger charge is 2.33. The van der Waals surface area contributed by atoms with E-state index >= 15 is 0 Å². The minimum Gasteiger partial charge on any atom is -0.394 e. The van der Waals surface area contributed by atoms with Gasteiger partial charge in [0.25, 0.3) is 0 Å². The monoisotopic (exact) mass is 280 g/mol. The molecule has 2 rings (SSSR count). The number of nitrogens with one attached hydrogen (secondary N) is 2. The zero-order valence-electron chi connectivity index (χ0n) is 12.3. The van der Waals surface area contributed by atoms with Gasteiger partial charge in [0, 0.05) is 19.7 Å². The molecule has 1 aromatic heterocycles. The van der Waals surface area contributed by atoms with Crippen molar-refractivity contribution < 1.29 is 9.84 Å². The maximum absolute atomic E-state index is 9.67. The van der Waals surface area contributed by atoms with Crippen LogP contribution in [-0.2, 0) is 11.3 Å². The molecule has 6 heteroatoms. The Bertz CT molecular complexity index is 433. The average molecular weight is 280 g/mol. The van der Waals surface area contributed by atoms with E-state index in [1.54, 1.807) is 0 Å². The standard InChI is InChI=1S/C14H24N4O2/c1-3-20-9-13-16-11(15-2)8-12(17-13)18-14(10-19)6-4-5-7-14/h8,19H,3-7,9-10H2,1-2H3,(H2,15,16,17,18). The van der Waals surface area contributed by atoms with Gasteiger partial charge in [0.1, 0.15) is 18.2 Å². The van der Waals surface area contributed by atoms with Crippen molar-refractivity contribution in [2.24, 2.45) is 0 Å². The Morgan fingerprint density at radius 2 is 2.00 bits per heavy atom. The van der Waals surface area contributed by atoms with Crippen LogP contribution in [-0.4, -0.2) is 40.9 Å². The van der Waals surface area contributed by atoms with Crippen LogP contribution in [0, 0.1) is 0 Å². The Labute approximate surface area is 120 Å². The molecule has 1 aliphatic carbocycles. The molecule has 0 saturated heterocycles. The lowest BCUT2D eigenvalue weighted by atomic mass is 9.99. The van der Waals surface area contributed by atoms with E-state index in [1.807, 2.05) is 20.0 Å². The Hall–Kier alpha value is -1.40. The largest absolute Gasteiger partial charge is 0.394 e. The molecule has 20 heavy (non-hydrogen) atoms. The van der Waals surface area contributed by atoms with Crippen LogP contribution in [0.2, 0.25) is 0 Å². The lowest BCUT2D eigenvalue weighted by Crippen LogP contribution is -2.39. The van der Waals surface area contributed by atoms with E-state index in [1.165, 1.54) is 0 Å². The molecule has 0 bridgehead atoms. The molecule has 1 aliphatic rings. The van der Waals surface area contributed by atoms with Crippen molar-refractivity contribution in [3.63, 3.8) is 0 Å². The Morgan fingerprint density at radius 1 is 1.30 bits per heavy atom. The van der Waals surface area contributed by atoms with Crippen molar-refractivity contribution in [2.45, 2.75) is 44.8 Å². The van der Waals surface area contributed by atoms with E-state index in [-0.39, 0.29) is 12.1 Å². The lowest BCUT2D eigenvalue weighted by Gasteiger charge is -2.28. The molecule has 6 nitrogen and oxygen atoms in total. The van der Waals surface area contributed by atoms with Crippen molar-refractivity contribution in [1.29, 1.82) is 0 Å². The summed E-state index contributed by atoms with van der Waals surface area (Å²) in [5.74, 6) is 2.14. The summed E-state index contributed by atoms with van der Waals surface area (Å²) < 4.78 is 5.37. The van der Waals surface area contributed by atoms with Gasteiger partial charge >= 0.3 is 0 Å². The van der Waals surface area contributed by atoms with Crippen LogP contribution >= 0.6 is 0 Å². The second-order valence-corrected chi connectivity index (χ2v) is 5.21. The van der Waals surface area contributed by atoms with E-state index < -0.39 is 0 Å². The van der Waals surface area contributed by atoms with Gasteiger partial charge in [-0.2, -0.15) is 0 Å². The molecule has 1 heterocycles. The van der Waals surface area contributed by atoms with Crippen LogP contribution in [0.4, 0.5) is 11.6 Å². The van der Waals surface area contributed by atoms with Crippen LogP contribution in [0.3, 0.4) is 0 Å². The van der Waals surface area contributed by atoms with Gasteiger partial charge in [-0.15, -0.1) is 0 Å². The first kappa shape index (κ1) is 15.0. The first-order valence-electron chi connectivity index (χ1n) is 7.24. The van der Waals surface area contributed by atoms with Crippen molar-refractivity contribution in [1.82, 2.24) is 9.97 Å². The zero-order chi connectivity index (χ0) is 14.4. The van der Waals surface area contributed by atoms with E-state index in [2.05, 4.69) is 20.6 Å². The predicted molar refractivity (Wildman–Crippen MR) is 78.8 cm³/mol. The molecule has 112 valence electrons. The van der Waals surface area contributed by atoms with E-state index in [9.17, 15) is 5.11 Å². The molecule has 1 fully saturated rings. The number of nitrogens with zero attached hydrogens (tertiary/aromatic N) is 2. The minimum absolute atomic E-state index is 0.132. The normalized spacial score (nSPS) is 17.1. The molecular weight excluding hydrogens is 256 g/mol. The second-order valence-electron chi connectivity index (χ2n) is 5.21. The summed E-state index contributed by atoms with van der Waals surface area (Å²) in [6, 6.07) is 1.87. The number of anilines is 2. The molecule has 0 spiro atoms. The molecule has 3 N–H and O–H groups in total. The summed E-state index contributed by atoms with van der Waals surface area (Å²) in [6.07, 6.45) is 4.24. The smallest absolute Gasteiger partial charge is 0.158 e. The molecule has 0 atom stereocenters. The van der Waals surface area contributed by atoms with Gasteiger partial charge in [-0.1, -0.05) is 12.8 Å². The third-order valence-electron chi connectivity index (χ3n) is 3.72. The SMILES string of the molecule is CCOCc1nc(NC)cc(NC2(CO)CCCC2)n1. The molecule has 0 aromatic carbocycles. The van der Waals surface area contributed by atoms with Gasteiger partial charge in [0.15, 0.2) is 5.82 Å². The van der Waals surface area contributed by atoms with E-state index in [0.717, 1.165) is 37.3 Å². The molecular formula is C14H24N4O2. The molecule has 1 saturated carbocycles. The Balaban J connectivity index is 2.17. The van der Waals surface area contributed by atoms with E-state index in [0.29, 0.717) is 19.0 Å². The maximum Gasteiger partial charge on any atom is 0.158 e. The molecule has 0 radical (unpaired) electrons. The number of hydrogen-bond acceptors (Lipinski definition) is 6. The van der Waals surface area contributed by atoms with Crippen molar-refractivity contribution in [3.05, 3.63) is 11.9 Å². The highest BCUT2D eigenvalue weighted by atomic mass is 16.5. The fourth-order valence-corrected chi connectivity index (χ4v) is 2.59. The van der Waals surface area contributed by atoms with Gasteiger partial charge in [0.2, 0.25) is 0 Å². The Morgan fingerprint density at radius 3 is 2.60 bits per heavy atom. The Kier molecular flexibility index (Phi) is 5.14. The van der Waals surface area contributed by atoms with Crippen molar-refractivity contribution in [2.75, 3.05) is 30.9 Å². The minimum atomic E-state index is -0.234. The highest BCUT2D eigenvalue weighted by molar-refractivity contribution is 5.49. The molecule has 1 aromatic rings. The third kappa shape index (κ3) is 3.58. The first-order chi connectivity index (χ1) is 9.71. The highest BCUT2D eigenvalue weighted by Crippen LogP contribution is 2.32. The number of hydrogen-bond donors (Lipinski definition) is 3. The number of ether oxygens (including phenoxy) is 1. The van der Waals surface area contributed by atoms with Crippen molar-refractivity contribution in [3.8, 4) is 0 Å². The molecule has 0 aliphatic heterocycles. The van der Waals surface area contributed by atoms with Crippen LogP contribution in [0.1, 0.15) is 38.4 Å². The summed E-state index contributed by atoms with van der Waals surface area (Å²) in [4.78, 5) is 8.84. The van der Waals surface area contributed by atoms with Crippen LogP contribution in [0.15, 0.2) is 6.07 Å². The summed E-state index contributed by atoms with van der Waals surface area (Å²) in [5, 5.41) is 16.1. The maximum atomic E-state index is 9.67. The van der Waals surface area contributed by atoms with Crippen molar-refractivity contribution >= 4 is 11.6 Å². The summed E-state index contributed by atoms with van der Waals surface area (Å²) >= 11 is 0. The van der Waals surface area contributed by atoms with Crippen LogP contribution in [0.25, 0.3) is 0 Å². The van der Waals surface area contributed by atoms with Crippen LogP contribution in [0.5, 0.6) is 0 Å². The number of aromatic nitrogens is 2. The summed E-state index contributed by atoms with van der Waals surface area (Å²) in [6.45, 7) is 3.11.